The van der Waals surface area contributed by atoms with Crippen LogP contribution in [-0.4, -0.2) is 71.2 Å². The van der Waals surface area contributed by atoms with Gasteiger partial charge in [0.05, 0.1) is 13.2 Å². The van der Waals surface area contributed by atoms with Gasteiger partial charge in [-0.1, -0.05) is 0 Å². The Morgan fingerprint density at radius 2 is 1.46 bits per heavy atom. The van der Waals surface area contributed by atoms with E-state index < -0.39 is 31.0 Å². The van der Waals surface area contributed by atoms with E-state index in [0.717, 1.165) is 0 Å². The maximum absolute atomic E-state index is 9.11. The molecule has 0 aromatic rings. The Morgan fingerprint density at radius 1 is 1.00 bits per heavy atom. The van der Waals surface area contributed by atoms with Gasteiger partial charge >= 0.3 is 0 Å². The van der Waals surface area contributed by atoms with E-state index in [1.54, 1.807) is 0 Å². The van der Waals surface area contributed by atoms with Gasteiger partial charge in [-0.05, 0) is 0 Å². The Hall–Kier alpha value is -0.175. The molecule has 0 unspecified atom stereocenters. The van der Waals surface area contributed by atoms with Gasteiger partial charge in [-0.25, -0.2) is 0 Å². The van der Waals surface area contributed by atoms with Crippen LogP contribution < -0.4 is 0 Å². The molecule has 0 aliphatic rings. The fourth-order valence-electron chi connectivity index (χ4n) is 0.760. The van der Waals surface area contributed by atoms with Crippen molar-refractivity contribution in [3.05, 3.63) is 0 Å². The maximum Gasteiger partial charge on any atom is 0.282 e. The van der Waals surface area contributed by atoms with Crippen molar-refractivity contribution >= 4 is 8.05 Å². The van der Waals surface area contributed by atoms with E-state index in [9.17, 15) is 0 Å². The monoisotopic (exact) mass is 192 g/mol. The van der Waals surface area contributed by atoms with Crippen LogP contribution >= 0.6 is 0 Å². The van der Waals surface area contributed by atoms with Gasteiger partial charge in [0.2, 0.25) is 0 Å². The van der Waals surface area contributed by atoms with Crippen LogP contribution in [0.4, 0.5) is 0 Å². The summed E-state index contributed by atoms with van der Waals surface area (Å²) in [7, 11) is 4.61. The molecule has 0 aromatic heterocycles. The molecule has 7 heteroatoms. The number of aliphatic hydroxyl groups excluding tert-OH is 5. The fourth-order valence-corrected chi connectivity index (χ4v) is 0.760. The molecular formula is C6H13BO6. The lowest BCUT2D eigenvalue weighted by Crippen LogP contribution is -2.47. The van der Waals surface area contributed by atoms with Crippen LogP contribution in [0.3, 0.4) is 0 Å². The van der Waals surface area contributed by atoms with Gasteiger partial charge in [0.25, 0.3) is 8.05 Å². The van der Waals surface area contributed by atoms with E-state index in [1.807, 2.05) is 0 Å². The first-order chi connectivity index (χ1) is 6.04. The summed E-state index contributed by atoms with van der Waals surface area (Å²) >= 11 is 0. The summed E-state index contributed by atoms with van der Waals surface area (Å²) in [4.78, 5) is 0. The first-order valence-corrected chi connectivity index (χ1v) is 3.69. The van der Waals surface area contributed by atoms with Crippen molar-refractivity contribution in [2.45, 2.75) is 24.4 Å². The van der Waals surface area contributed by atoms with Gasteiger partial charge < -0.3 is 30.2 Å². The molecule has 76 valence electrons. The largest absolute Gasteiger partial charge is 0.445 e. The highest BCUT2D eigenvalue weighted by Gasteiger charge is 2.29. The summed E-state index contributed by atoms with van der Waals surface area (Å²) in [6.07, 6.45) is -6.19. The molecule has 0 aliphatic heterocycles. The lowest BCUT2D eigenvalue weighted by Gasteiger charge is -2.25. The third-order valence-corrected chi connectivity index (χ3v) is 1.59. The van der Waals surface area contributed by atoms with Crippen molar-refractivity contribution in [1.82, 2.24) is 0 Å². The zero-order valence-electron chi connectivity index (χ0n) is 6.95. The minimum absolute atomic E-state index is 0.379. The summed E-state index contributed by atoms with van der Waals surface area (Å²) in [6, 6.07) is 0. The van der Waals surface area contributed by atoms with Gasteiger partial charge in [-0.3, -0.25) is 0 Å². The Kier molecular flexibility index (Phi) is 6.22. The van der Waals surface area contributed by atoms with Gasteiger partial charge in [0.15, 0.2) is 0 Å². The van der Waals surface area contributed by atoms with Crippen molar-refractivity contribution in [2.24, 2.45) is 0 Å². The van der Waals surface area contributed by atoms with Crippen molar-refractivity contribution in [3.8, 4) is 0 Å². The molecule has 0 spiro atoms. The Balaban J connectivity index is 3.99. The quantitative estimate of drug-likeness (QED) is 0.279. The Morgan fingerprint density at radius 3 is 1.85 bits per heavy atom. The third kappa shape index (κ3) is 4.03. The standard InChI is InChI=1S/C6H13BO6/c7-13-2-4(10)6(12)5(11)3(9)1-8/h3-6,8-12H,1-2H2/t3-,4-,5-,6-/m1/s1. The number of hydrogen-bond donors (Lipinski definition) is 5. The minimum Gasteiger partial charge on any atom is -0.445 e. The van der Waals surface area contributed by atoms with Crippen LogP contribution in [0.5, 0.6) is 0 Å². The van der Waals surface area contributed by atoms with Crippen molar-refractivity contribution in [1.29, 1.82) is 0 Å². The van der Waals surface area contributed by atoms with Crippen LogP contribution in [0.15, 0.2) is 0 Å². The molecular weight excluding hydrogens is 179 g/mol. The van der Waals surface area contributed by atoms with E-state index in [0.29, 0.717) is 0 Å². The Labute approximate surface area is 76.8 Å². The number of aliphatic hydroxyl groups is 5. The molecule has 0 rings (SSSR count). The number of rotatable bonds is 6. The predicted octanol–water partition coefficient (Wildman–Crippen LogP) is -3.48. The lowest BCUT2D eigenvalue weighted by molar-refractivity contribution is -0.121. The van der Waals surface area contributed by atoms with Crippen LogP contribution in [0, 0.1) is 0 Å². The van der Waals surface area contributed by atoms with Crippen LogP contribution in [-0.2, 0) is 4.65 Å². The maximum atomic E-state index is 9.11. The van der Waals surface area contributed by atoms with E-state index in [4.69, 9.17) is 25.5 Å². The van der Waals surface area contributed by atoms with Gasteiger partial charge in [0.1, 0.15) is 24.4 Å². The average Bonchev–Trinajstić information content (AvgIpc) is 2.14. The summed E-state index contributed by atoms with van der Waals surface area (Å²) in [5, 5.41) is 44.5. The van der Waals surface area contributed by atoms with Crippen molar-refractivity contribution < 1.29 is 30.2 Å². The first kappa shape index (κ1) is 12.8. The van der Waals surface area contributed by atoms with E-state index in [1.165, 1.54) is 0 Å². The van der Waals surface area contributed by atoms with Crippen LogP contribution in [0.25, 0.3) is 0 Å². The van der Waals surface area contributed by atoms with E-state index in [-0.39, 0.29) is 6.61 Å². The third-order valence-electron chi connectivity index (χ3n) is 1.59. The second-order valence-electron chi connectivity index (χ2n) is 2.63. The van der Waals surface area contributed by atoms with Crippen molar-refractivity contribution in [2.75, 3.05) is 13.2 Å². The van der Waals surface area contributed by atoms with Gasteiger partial charge in [-0.15, -0.1) is 0 Å². The minimum atomic E-state index is -1.64. The summed E-state index contributed by atoms with van der Waals surface area (Å²) in [5.41, 5.74) is 0. The zero-order valence-corrected chi connectivity index (χ0v) is 6.95. The van der Waals surface area contributed by atoms with Gasteiger partial charge in [-0.2, -0.15) is 0 Å². The SMILES string of the molecule is [B]OC[C@@H](O)[C@@H](O)[C@H](O)[C@H](O)CO. The fraction of sp³-hybridized carbons (Fsp3) is 1.00. The molecule has 0 aliphatic carbocycles. The molecule has 0 bridgehead atoms. The molecule has 4 atom stereocenters. The molecule has 2 radical (unpaired) electrons. The normalized spacial score (nSPS) is 20.7. The van der Waals surface area contributed by atoms with E-state index >= 15 is 0 Å². The second-order valence-corrected chi connectivity index (χ2v) is 2.63. The second kappa shape index (κ2) is 6.30. The van der Waals surface area contributed by atoms with E-state index in [2.05, 4.69) is 12.7 Å². The molecule has 0 amide bonds. The molecule has 0 aromatic carbocycles. The molecule has 0 saturated heterocycles. The Bertz CT molecular complexity index is 134. The average molecular weight is 192 g/mol. The highest BCUT2D eigenvalue weighted by molar-refractivity contribution is 5.97. The van der Waals surface area contributed by atoms with Gasteiger partial charge in [0, 0.05) is 0 Å². The summed E-state index contributed by atoms with van der Waals surface area (Å²) in [6.45, 7) is -1.09. The molecule has 6 nitrogen and oxygen atoms in total. The molecule has 0 heterocycles. The highest BCUT2D eigenvalue weighted by Crippen LogP contribution is 2.04. The molecule has 5 N–H and O–H groups in total. The van der Waals surface area contributed by atoms with Crippen molar-refractivity contribution in [3.63, 3.8) is 0 Å². The lowest BCUT2D eigenvalue weighted by atomic mass is 10.0. The molecule has 0 saturated carbocycles. The topological polar surface area (TPSA) is 110 Å². The summed E-state index contributed by atoms with van der Waals surface area (Å²) < 4.78 is 4.02. The first-order valence-electron chi connectivity index (χ1n) is 3.69. The van der Waals surface area contributed by atoms with Crippen LogP contribution in [0.1, 0.15) is 0 Å². The predicted molar refractivity (Wildman–Crippen MR) is 42.8 cm³/mol. The number of hydrogen-bond acceptors (Lipinski definition) is 6. The highest BCUT2D eigenvalue weighted by atomic mass is 16.4. The zero-order chi connectivity index (χ0) is 10.4. The smallest absolute Gasteiger partial charge is 0.282 e. The molecule has 13 heavy (non-hydrogen) atoms. The summed E-state index contributed by atoms with van der Waals surface area (Å²) in [5.74, 6) is 0. The molecule has 0 fully saturated rings. The van der Waals surface area contributed by atoms with Crippen LogP contribution in [0.2, 0.25) is 0 Å².